The van der Waals surface area contributed by atoms with E-state index in [0.29, 0.717) is 16.3 Å². The Hall–Kier alpha value is -3.25. The normalized spacial score (nSPS) is 10.4. The highest BCUT2D eigenvalue weighted by atomic mass is 35.5. The molecular formula is C21H20ClN3O3. The molecule has 6 nitrogen and oxygen atoms in total. The van der Waals surface area contributed by atoms with E-state index < -0.39 is 11.8 Å². The number of aromatic nitrogens is 1. The minimum absolute atomic E-state index is 0.231. The molecule has 0 aliphatic carbocycles. The smallest absolute Gasteiger partial charge is 0.276 e. The zero-order valence-electron chi connectivity index (χ0n) is 15.5. The SMILES string of the molecule is Cc1cc(C(=O)NNC(=O)COc2ccc(Cl)cc2)c(C)n1-c1ccccc1. The van der Waals surface area contributed by atoms with E-state index in [9.17, 15) is 9.59 Å². The van der Waals surface area contributed by atoms with E-state index in [0.717, 1.165) is 17.1 Å². The van der Waals surface area contributed by atoms with Gasteiger partial charge in [-0.3, -0.25) is 20.4 Å². The van der Waals surface area contributed by atoms with Crippen molar-refractivity contribution in [2.24, 2.45) is 0 Å². The Balaban J connectivity index is 1.59. The summed E-state index contributed by atoms with van der Waals surface area (Å²) in [4.78, 5) is 24.4. The van der Waals surface area contributed by atoms with Crippen LogP contribution in [-0.4, -0.2) is 23.0 Å². The molecule has 0 aliphatic rings. The number of amides is 2. The van der Waals surface area contributed by atoms with E-state index in [1.165, 1.54) is 0 Å². The lowest BCUT2D eigenvalue weighted by Gasteiger charge is -2.11. The van der Waals surface area contributed by atoms with Gasteiger partial charge in [-0.1, -0.05) is 29.8 Å². The number of hydrazine groups is 1. The van der Waals surface area contributed by atoms with Crippen molar-refractivity contribution in [1.29, 1.82) is 0 Å². The lowest BCUT2D eigenvalue weighted by atomic mass is 10.2. The van der Waals surface area contributed by atoms with Gasteiger partial charge in [0, 0.05) is 22.1 Å². The number of halogens is 1. The molecule has 2 aromatic carbocycles. The van der Waals surface area contributed by atoms with Crippen LogP contribution >= 0.6 is 11.6 Å². The Morgan fingerprint density at radius 1 is 1.00 bits per heavy atom. The third kappa shape index (κ3) is 4.53. The third-order valence-corrected chi connectivity index (χ3v) is 4.44. The number of hydrogen-bond donors (Lipinski definition) is 2. The van der Waals surface area contributed by atoms with Crippen LogP contribution in [0.15, 0.2) is 60.7 Å². The number of ether oxygens (including phenoxy) is 1. The molecule has 0 radical (unpaired) electrons. The number of carbonyl (C=O) groups excluding carboxylic acids is 2. The topological polar surface area (TPSA) is 72.4 Å². The van der Waals surface area contributed by atoms with Crippen molar-refractivity contribution < 1.29 is 14.3 Å². The van der Waals surface area contributed by atoms with E-state index in [4.69, 9.17) is 16.3 Å². The van der Waals surface area contributed by atoms with Crippen molar-refractivity contribution in [3.8, 4) is 11.4 Å². The van der Waals surface area contributed by atoms with E-state index in [1.54, 1.807) is 30.3 Å². The summed E-state index contributed by atoms with van der Waals surface area (Å²) < 4.78 is 7.33. The zero-order valence-corrected chi connectivity index (χ0v) is 16.3. The molecule has 1 aromatic heterocycles. The first-order valence-corrected chi connectivity index (χ1v) is 9.05. The summed E-state index contributed by atoms with van der Waals surface area (Å²) in [6.45, 7) is 3.56. The van der Waals surface area contributed by atoms with Crippen LogP contribution in [0.25, 0.3) is 5.69 Å². The first-order valence-electron chi connectivity index (χ1n) is 8.67. The molecule has 3 aromatic rings. The second-order valence-electron chi connectivity index (χ2n) is 6.20. The third-order valence-electron chi connectivity index (χ3n) is 4.19. The average molecular weight is 398 g/mol. The van der Waals surface area contributed by atoms with Gasteiger partial charge in [0.1, 0.15) is 5.75 Å². The largest absolute Gasteiger partial charge is 0.484 e. The van der Waals surface area contributed by atoms with Gasteiger partial charge in [0.05, 0.1) is 5.56 Å². The second kappa shape index (κ2) is 8.63. The molecule has 0 saturated heterocycles. The van der Waals surface area contributed by atoms with Gasteiger partial charge in [0.25, 0.3) is 11.8 Å². The predicted molar refractivity (Wildman–Crippen MR) is 108 cm³/mol. The molecule has 0 atom stereocenters. The van der Waals surface area contributed by atoms with Crippen LogP contribution in [0.1, 0.15) is 21.7 Å². The number of hydrogen-bond acceptors (Lipinski definition) is 3. The van der Waals surface area contributed by atoms with Gasteiger partial charge >= 0.3 is 0 Å². The minimum Gasteiger partial charge on any atom is -0.484 e. The first kappa shape index (κ1) is 19.5. The van der Waals surface area contributed by atoms with Crippen molar-refractivity contribution in [1.82, 2.24) is 15.4 Å². The Morgan fingerprint density at radius 3 is 2.36 bits per heavy atom. The molecule has 2 amide bonds. The van der Waals surface area contributed by atoms with E-state index >= 15 is 0 Å². The molecule has 2 N–H and O–H groups in total. The van der Waals surface area contributed by atoms with Gasteiger partial charge in [0.2, 0.25) is 0 Å². The molecule has 0 saturated carbocycles. The van der Waals surface area contributed by atoms with Gasteiger partial charge in [-0.05, 0) is 56.3 Å². The van der Waals surface area contributed by atoms with Crippen LogP contribution in [0.4, 0.5) is 0 Å². The highest BCUT2D eigenvalue weighted by Crippen LogP contribution is 2.20. The van der Waals surface area contributed by atoms with Gasteiger partial charge in [-0.25, -0.2) is 0 Å². The predicted octanol–water partition coefficient (Wildman–Crippen LogP) is 3.59. The lowest BCUT2D eigenvalue weighted by molar-refractivity contribution is -0.123. The van der Waals surface area contributed by atoms with Gasteiger partial charge in [-0.15, -0.1) is 0 Å². The van der Waals surface area contributed by atoms with E-state index in [-0.39, 0.29) is 6.61 Å². The number of aryl methyl sites for hydroxylation is 1. The molecule has 3 rings (SSSR count). The molecule has 1 heterocycles. The molecule has 0 aliphatic heterocycles. The second-order valence-corrected chi connectivity index (χ2v) is 6.64. The summed E-state index contributed by atoms with van der Waals surface area (Å²) in [5.74, 6) is -0.354. The lowest BCUT2D eigenvalue weighted by Crippen LogP contribution is -2.44. The van der Waals surface area contributed by atoms with Crippen LogP contribution in [0.3, 0.4) is 0 Å². The summed E-state index contributed by atoms with van der Waals surface area (Å²) in [5.41, 5.74) is 7.95. The fourth-order valence-corrected chi connectivity index (χ4v) is 3.00. The minimum atomic E-state index is -0.472. The van der Waals surface area contributed by atoms with Gasteiger partial charge in [-0.2, -0.15) is 0 Å². The van der Waals surface area contributed by atoms with Crippen LogP contribution in [0.2, 0.25) is 5.02 Å². The van der Waals surface area contributed by atoms with Crippen molar-refractivity contribution >= 4 is 23.4 Å². The summed E-state index contributed by atoms with van der Waals surface area (Å²) in [6.07, 6.45) is 0. The van der Waals surface area contributed by atoms with Gasteiger partial charge in [0.15, 0.2) is 6.61 Å². The van der Waals surface area contributed by atoms with Crippen LogP contribution in [0, 0.1) is 13.8 Å². The maximum Gasteiger partial charge on any atom is 0.276 e. The van der Waals surface area contributed by atoms with Crippen molar-refractivity contribution in [2.45, 2.75) is 13.8 Å². The highest BCUT2D eigenvalue weighted by molar-refractivity contribution is 6.30. The van der Waals surface area contributed by atoms with Crippen molar-refractivity contribution in [3.63, 3.8) is 0 Å². The quantitative estimate of drug-likeness (QED) is 0.646. The Kier molecular flexibility index (Phi) is 6.01. The molecular weight excluding hydrogens is 378 g/mol. The zero-order chi connectivity index (χ0) is 20.1. The summed E-state index contributed by atoms with van der Waals surface area (Å²) in [5, 5.41) is 0.581. The molecule has 0 unspecified atom stereocenters. The van der Waals surface area contributed by atoms with Gasteiger partial charge < -0.3 is 9.30 Å². The Bertz CT molecular complexity index is 982. The monoisotopic (exact) mass is 397 g/mol. The summed E-state index contributed by atoms with van der Waals surface area (Å²) in [7, 11) is 0. The molecule has 28 heavy (non-hydrogen) atoms. The number of rotatable bonds is 5. The Morgan fingerprint density at radius 2 is 1.68 bits per heavy atom. The molecule has 0 spiro atoms. The molecule has 144 valence electrons. The standard InChI is InChI=1S/C21H20ClN3O3/c1-14-12-19(15(2)25(14)17-6-4-3-5-7-17)21(27)24-23-20(26)13-28-18-10-8-16(22)9-11-18/h3-12H,13H2,1-2H3,(H,23,26)(H,24,27). The van der Waals surface area contributed by atoms with Crippen LogP contribution in [0.5, 0.6) is 5.75 Å². The molecule has 7 heteroatoms. The fourth-order valence-electron chi connectivity index (χ4n) is 2.88. The number of carbonyl (C=O) groups is 2. The molecule has 0 bridgehead atoms. The average Bonchev–Trinajstić information content (AvgIpc) is 3.00. The van der Waals surface area contributed by atoms with Crippen LogP contribution < -0.4 is 15.6 Å². The maximum atomic E-state index is 12.5. The summed E-state index contributed by atoms with van der Waals surface area (Å²) >= 11 is 5.80. The van der Waals surface area contributed by atoms with E-state index in [2.05, 4.69) is 10.9 Å². The molecule has 0 fully saturated rings. The van der Waals surface area contributed by atoms with Crippen molar-refractivity contribution in [3.05, 3.63) is 82.6 Å². The summed E-state index contributed by atoms with van der Waals surface area (Å²) in [6, 6.07) is 18.2. The van der Waals surface area contributed by atoms with Crippen molar-refractivity contribution in [2.75, 3.05) is 6.61 Å². The maximum absolute atomic E-state index is 12.5. The first-order chi connectivity index (χ1) is 13.5. The van der Waals surface area contributed by atoms with E-state index in [1.807, 2.05) is 48.7 Å². The van der Waals surface area contributed by atoms with Crippen LogP contribution in [-0.2, 0) is 4.79 Å². The number of nitrogens with one attached hydrogen (secondary N) is 2. The highest BCUT2D eigenvalue weighted by Gasteiger charge is 2.17. The fraction of sp³-hybridized carbons (Fsp3) is 0.143. The Labute approximate surface area is 168 Å². The number of para-hydroxylation sites is 1. The number of benzene rings is 2. The number of nitrogens with zero attached hydrogens (tertiary/aromatic N) is 1.